The van der Waals surface area contributed by atoms with Crippen molar-refractivity contribution >= 4 is 41.0 Å². The standard InChI is InChI=1S/C24H37ClN4O2.C4H4O4/c1-17(2)9-10-27-23(31)19-11-18(12-26-13-19)14-28-15-22(30)29(16-24(28,3)4)21-8-6-5-7-20(21)25;5-3(6)1-2-4(7)8/h5-8,17-19,26H,9-16H2,1-4H3,(H,27,31);1-2H,(H,5,6)(H,7,8)/b;2-1+/t18-,19+;/m1./s1. The van der Waals surface area contributed by atoms with Gasteiger partial charge in [-0.1, -0.05) is 37.6 Å². The molecule has 2 fully saturated rings. The molecule has 2 atom stereocenters. The lowest BCUT2D eigenvalue weighted by molar-refractivity contribution is -0.134. The number of nitrogens with zero attached hydrogens (tertiary/aromatic N) is 2. The van der Waals surface area contributed by atoms with Crippen molar-refractivity contribution in [3.8, 4) is 0 Å². The van der Waals surface area contributed by atoms with E-state index in [1.807, 2.05) is 29.2 Å². The molecule has 10 nitrogen and oxygen atoms in total. The van der Waals surface area contributed by atoms with Gasteiger partial charge in [-0.15, -0.1) is 0 Å². The van der Waals surface area contributed by atoms with E-state index >= 15 is 0 Å². The van der Waals surface area contributed by atoms with Gasteiger partial charge in [-0.2, -0.15) is 0 Å². The largest absolute Gasteiger partial charge is 0.478 e. The Balaban J connectivity index is 0.000000580. The molecule has 216 valence electrons. The number of hydrogen-bond donors (Lipinski definition) is 4. The van der Waals surface area contributed by atoms with Crippen molar-refractivity contribution in [2.45, 2.75) is 46.1 Å². The highest BCUT2D eigenvalue weighted by molar-refractivity contribution is 6.33. The Labute approximate surface area is 235 Å². The van der Waals surface area contributed by atoms with E-state index in [0.29, 0.717) is 42.1 Å². The summed E-state index contributed by atoms with van der Waals surface area (Å²) in [6.45, 7) is 12.8. The van der Waals surface area contributed by atoms with Crippen molar-refractivity contribution in [1.29, 1.82) is 0 Å². The van der Waals surface area contributed by atoms with Gasteiger partial charge in [0.1, 0.15) is 0 Å². The predicted molar refractivity (Wildman–Crippen MR) is 151 cm³/mol. The maximum atomic E-state index is 13.0. The molecule has 2 saturated heterocycles. The summed E-state index contributed by atoms with van der Waals surface area (Å²) in [4.78, 5) is 48.8. The molecular weight excluding hydrogens is 524 g/mol. The number of nitrogens with one attached hydrogen (secondary N) is 2. The average molecular weight is 565 g/mol. The molecule has 2 amide bonds. The maximum absolute atomic E-state index is 13.0. The molecule has 2 aliphatic heterocycles. The summed E-state index contributed by atoms with van der Waals surface area (Å²) in [7, 11) is 0. The number of piperazine rings is 1. The van der Waals surface area contributed by atoms with Gasteiger partial charge in [0.2, 0.25) is 11.8 Å². The molecule has 0 saturated carbocycles. The molecule has 2 heterocycles. The third kappa shape index (κ3) is 10.6. The van der Waals surface area contributed by atoms with Crippen LogP contribution in [-0.2, 0) is 19.2 Å². The van der Waals surface area contributed by atoms with Gasteiger partial charge in [-0.05, 0) is 57.2 Å². The molecule has 3 rings (SSSR count). The average Bonchev–Trinajstić information content (AvgIpc) is 2.86. The number of carbonyl (C=O) groups excluding carboxylic acids is 2. The second-order valence-electron chi connectivity index (χ2n) is 11.1. The smallest absolute Gasteiger partial charge is 0.328 e. The summed E-state index contributed by atoms with van der Waals surface area (Å²) >= 11 is 6.35. The normalized spacial score (nSPS) is 21.4. The summed E-state index contributed by atoms with van der Waals surface area (Å²) in [5.74, 6) is -1.37. The molecule has 0 bridgehead atoms. The lowest BCUT2D eigenvalue weighted by Gasteiger charge is -2.48. The van der Waals surface area contributed by atoms with Crippen LogP contribution in [0.15, 0.2) is 36.4 Å². The highest BCUT2D eigenvalue weighted by Crippen LogP contribution is 2.32. The molecule has 0 aliphatic carbocycles. The Morgan fingerprint density at radius 1 is 1.15 bits per heavy atom. The second kappa shape index (κ2) is 15.0. The van der Waals surface area contributed by atoms with Gasteiger partial charge in [0.25, 0.3) is 0 Å². The fraction of sp³-hybridized carbons (Fsp3) is 0.571. The van der Waals surface area contributed by atoms with E-state index in [1.165, 1.54) is 0 Å². The molecule has 0 spiro atoms. The van der Waals surface area contributed by atoms with Crippen LogP contribution in [0, 0.1) is 17.8 Å². The van der Waals surface area contributed by atoms with Gasteiger partial charge < -0.3 is 25.7 Å². The van der Waals surface area contributed by atoms with Crippen LogP contribution in [0.1, 0.15) is 40.5 Å². The molecule has 1 aromatic carbocycles. The lowest BCUT2D eigenvalue weighted by atomic mass is 9.87. The number of amides is 2. The van der Waals surface area contributed by atoms with Crippen LogP contribution in [0.3, 0.4) is 0 Å². The Kier molecular flexibility index (Phi) is 12.4. The Hall–Kier alpha value is -2.95. The number of rotatable bonds is 9. The van der Waals surface area contributed by atoms with Crippen molar-refractivity contribution in [3.63, 3.8) is 0 Å². The molecule has 11 heteroatoms. The number of benzene rings is 1. The number of aliphatic carboxylic acids is 2. The van der Waals surface area contributed by atoms with Crippen LogP contribution >= 0.6 is 11.6 Å². The van der Waals surface area contributed by atoms with Crippen LogP contribution in [0.5, 0.6) is 0 Å². The zero-order chi connectivity index (χ0) is 29.2. The van der Waals surface area contributed by atoms with E-state index in [-0.39, 0.29) is 23.3 Å². The van der Waals surface area contributed by atoms with Gasteiger partial charge in [-0.25, -0.2) is 9.59 Å². The summed E-state index contributed by atoms with van der Waals surface area (Å²) in [5.41, 5.74) is 0.596. The van der Waals surface area contributed by atoms with Crippen LogP contribution in [0.2, 0.25) is 5.02 Å². The lowest BCUT2D eigenvalue weighted by Crippen LogP contribution is -2.63. The Bertz CT molecular complexity index is 1030. The Morgan fingerprint density at radius 3 is 2.38 bits per heavy atom. The number of hydrogen-bond acceptors (Lipinski definition) is 6. The number of piperidine rings is 1. The quantitative estimate of drug-likeness (QED) is 0.336. The summed E-state index contributed by atoms with van der Waals surface area (Å²) in [5, 5.41) is 22.8. The summed E-state index contributed by atoms with van der Waals surface area (Å²) < 4.78 is 0. The monoisotopic (exact) mass is 564 g/mol. The van der Waals surface area contributed by atoms with Gasteiger partial charge >= 0.3 is 11.9 Å². The van der Waals surface area contributed by atoms with E-state index in [0.717, 1.165) is 44.7 Å². The zero-order valence-electron chi connectivity index (χ0n) is 23.2. The number of carbonyl (C=O) groups is 4. The highest BCUT2D eigenvalue weighted by atomic mass is 35.5. The van der Waals surface area contributed by atoms with Crippen molar-refractivity contribution in [3.05, 3.63) is 41.4 Å². The van der Waals surface area contributed by atoms with Crippen LogP contribution < -0.4 is 15.5 Å². The number of carboxylic acid groups (broad SMARTS) is 2. The molecule has 1 aromatic rings. The predicted octanol–water partition coefficient (Wildman–Crippen LogP) is 2.87. The number of anilines is 1. The molecule has 2 aliphatic rings. The van der Waals surface area contributed by atoms with Crippen LogP contribution in [-0.4, -0.2) is 83.7 Å². The number of halogens is 1. The van der Waals surface area contributed by atoms with E-state index in [9.17, 15) is 19.2 Å². The molecule has 0 radical (unpaired) electrons. The van der Waals surface area contributed by atoms with E-state index in [4.69, 9.17) is 21.8 Å². The SMILES string of the molecule is CC(C)CCNC(=O)[C@@H]1CNC[C@H](CN2CC(=O)N(c3ccccc3Cl)CC2(C)C)C1.O=C(O)/C=C/C(=O)O. The first-order valence-electron chi connectivity index (χ1n) is 13.2. The zero-order valence-corrected chi connectivity index (χ0v) is 23.9. The number of para-hydroxylation sites is 1. The second-order valence-corrected chi connectivity index (χ2v) is 11.5. The van der Waals surface area contributed by atoms with Crippen molar-refractivity contribution in [1.82, 2.24) is 15.5 Å². The maximum Gasteiger partial charge on any atom is 0.328 e. The number of carboxylic acids is 2. The molecule has 4 N–H and O–H groups in total. The fourth-order valence-electron chi connectivity index (χ4n) is 4.69. The van der Waals surface area contributed by atoms with E-state index < -0.39 is 11.9 Å². The molecule has 0 aromatic heterocycles. The first kappa shape index (κ1) is 32.3. The Morgan fingerprint density at radius 2 is 1.79 bits per heavy atom. The topological polar surface area (TPSA) is 139 Å². The van der Waals surface area contributed by atoms with Gasteiger partial charge in [0.05, 0.1) is 23.2 Å². The third-order valence-corrected chi connectivity index (χ3v) is 7.17. The first-order valence-corrected chi connectivity index (χ1v) is 13.6. The minimum atomic E-state index is -1.26. The summed E-state index contributed by atoms with van der Waals surface area (Å²) in [6, 6.07) is 7.51. The van der Waals surface area contributed by atoms with E-state index in [1.54, 1.807) is 0 Å². The van der Waals surface area contributed by atoms with Gasteiger partial charge in [-0.3, -0.25) is 14.5 Å². The van der Waals surface area contributed by atoms with Gasteiger partial charge in [0.15, 0.2) is 0 Å². The third-order valence-electron chi connectivity index (χ3n) is 6.85. The molecule has 39 heavy (non-hydrogen) atoms. The highest BCUT2D eigenvalue weighted by Gasteiger charge is 2.40. The molecule has 0 unspecified atom stereocenters. The van der Waals surface area contributed by atoms with Crippen LogP contribution in [0.4, 0.5) is 5.69 Å². The van der Waals surface area contributed by atoms with E-state index in [2.05, 4.69) is 43.2 Å². The van der Waals surface area contributed by atoms with Crippen molar-refractivity contribution in [2.75, 3.05) is 44.2 Å². The molecular formula is C28H41ClN4O6. The minimum Gasteiger partial charge on any atom is -0.478 e. The van der Waals surface area contributed by atoms with Gasteiger partial charge in [0, 0.05) is 43.9 Å². The minimum absolute atomic E-state index is 0.00543. The fourth-order valence-corrected chi connectivity index (χ4v) is 4.93. The summed E-state index contributed by atoms with van der Waals surface area (Å²) in [6.07, 6.45) is 2.97. The van der Waals surface area contributed by atoms with Crippen molar-refractivity contribution < 1.29 is 29.4 Å². The van der Waals surface area contributed by atoms with Crippen molar-refractivity contribution in [2.24, 2.45) is 17.8 Å². The van der Waals surface area contributed by atoms with Crippen LogP contribution in [0.25, 0.3) is 0 Å². The first-order chi connectivity index (χ1) is 18.3.